The Morgan fingerprint density at radius 1 is 0.741 bits per heavy atom. The maximum Gasteiger partial charge on any atom is 0.322 e. The van der Waals surface area contributed by atoms with Crippen LogP contribution in [0.4, 0.5) is 0 Å². The smallest absolute Gasteiger partial charge is 0.322 e. The Labute approximate surface area is 166 Å². The van der Waals surface area contributed by atoms with Crippen LogP contribution in [0.1, 0.15) is 11.1 Å². The maximum atomic E-state index is 11.0. The number of methoxy groups -OCH3 is 2. The Hall–Kier alpha value is -2.41. The molecule has 0 heterocycles. The van der Waals surface area contributed by atoms with Gasteiger partial charge in [0.2, 0.25) is 0 Å². The Balaban J connectivity index is 0.000000483. The van der Waals surface area contributed by atoms with Crippen molar-refractivity contribution in [3.63, 3.8) is 0 Å². The monoisotopic (exact) mass is 394 g/mol. The van der Waals surface area contributed by atoms with Crippen LogP contribution in [0.3, 0.4) is 0 Å². The normalized spacial score (nSPS) is 11.7. The summed E-state index contributed by atoms with van der Waals surface area (Å²) in [5, 5.41) is 0. The minimum Gasteiger partial charge on any atom is -0.468 e. The number of hydrogen-bond donors (Lipinski definition) is 2. The molecule has 7 heteroatoms. The first-order valence-electron chi connectivity index (χ1n) is 8.22. The summed E-state index contributed by atoms with van der Waals surface area (Å²) in [7, 11) is 2.68. The van der Waals surface area contributed by atoms with Gasteiger partial charge in [0.05, 0.1) is 14.2 Å². The van der Waals surface area contributed by atoms with Gasteiger partial charge in [-0.1, -0.05) is 60.7 Å². The fraction of sp³-hybridized carbons (Fsp3) is 0.300. The van der Waals surface area contributed by atoms with E-state index in [0.717, 1.165) is 11.1 Å². The highest BCUT2D eigenvalue weighted by atomic mass is 35.5. The first-order chi connectivity index (χ1) is 12.5. The van der Waals surface area contributed by atoms with Crippen LogP contribution in [0.15, 0.2) is 60.7 Å². The van der Waals surface area contributed by atoms with Crippen molar-refractivity contribution < 1.29 is 19.1 Å². The number of nitrogens with two attached hydrogens (primary N) is 2. The highest BCUT2D eigenvalue weighted by Crippen LogP contribution is 2.03. The molecule has 2 aromatic rings. The molecule has 0 radical (unpaired) electrons. The van der Waals surface area contributed by atoms with Gasteiger partial charge in [-0.25, -0.2) is 0 Å². The van der Waals surface area contributed by atoms with Crippen LogP contribution in [0.2, 0.25) is 0 Å². The third-order valence-corrected chi connectivity index (χ3v) is 3.60. The number of benzene rings is 2. The van der Waals surface area contributed by atoms with Gasteiger partial charge < -0.3 is 20.9 Å². The highest BCUT2D eigenvalue weighted by molar-refractivity contribution is 5.85. The number of esters is 2. The molecule has 0 spiro atoms. The van der Waals surface area contributed by atoms with Gasteiger partial charge in [0, 0.05) is 0 Å². The van der Waals surface area contributed by atoms with Crippen molar-refractivity contribution in [2.75, 3.05) is 14.2 Å². The predicted molar refractivity (Wildman–Crippen MR) is 108 cm³/mol. The average Bonchev–Trinajstić information content (AvgIpc) is 2.68. The zero-order valence-corrected chi connectivity index (χ0v) is 16.4. The van der Waals surface area contributed by atoms with Crippen LogP contribution >= 0.6 is 12.4 Å². The van der Waals surface area contributed by atoms with Crippen molar-refractivity contribution >= 4 is 24.3 Å². The van der Waals surface area contributed by atoms with Crippen molar-refractivity contribution in [1.29, 1.82) is 0 Å². The maximum absolute atomic E-state index is 11.0. The molecule has 0 aliphatic rings. The molecular weight excluding hydrogens is 368 g/mol. The van der Waals surface area contributed by atoms with E-state index in [-0.39, 0.29) is 24.3 Å². The van der Waals surface area contributed by atoms with Crippen LogP contribution in [0.5, 0.6) is 0 Å². The second-order valence-corrected chi connectivity index (χ2v) is 5.64. The molecule has 0 bridgehead atoms. The van der Waals surface area contributed by atoms with Crippen LogP contribution in [-0.2, 0) is 31.9 Å². The van der Waals surface area contributed by atoms with Crippen molar-refractivity contribution in [2.24, 2.45) is 11.5 Å². The Bertz CT molecular complexity index is 609. The van der Waals surface area contributed by atoms with Crippen LogP contribution in [-0.4, -0.2) is 38.2 Å². The van der Waals surface area contributed by atoms with Gasteiger partial charge in [-0.15, -0.1) is 12.4 Å². The quantitative estimate of drug-likeness (QED) is 0.725. The second-order valence-electron chi connectivity index (χ2n) is 5.64. The van der Waals surface area contributed by atoms with Crippen LogP contribution < -0.4 is 11.5 Å². The van der Waals surface area contributed by atoms with E-state index in [1.165, 1.54) is 14.2 Å². The van der Waals surface area contributed by atoms with E-state index in [4.69, 9.17) is 11.5 Å². The van der Waals surface area contributed by atoms with Gasteiger partial charge in [-0.3, -0.25) is 9.59 Å². The van der Waals surface area contributed by atoms with Crippen molar-refractivity contribution in [1.82, 2.24) is 0 Å². The summed E-state index contributed by atoms with van der Waals surface area (Å²) in [5.41, 5.74) is 13.3. The summed E-state index contributed by atoms with van der Waals surface area (Å²) in [6.45, 7) is 0. The Morgan fingerprint density at radius 3 is 1.30 bits per heavy atom. The van der Waals surface area contributed by atoms with Crippen molar-refractivity contribution in [3.05, 3.63) is 71.8 Å². The van der Waals surface area contributed by atoms with E-state index in [1.807, 2.05) is 60.7 Å². The topological polar surface area (TPSA) is 105 Å². The molecular formula is C20H27ClN2O4. The fourth-order valence-corrected chi connectivity index (χ4v) is 2.21. The highest BCUT2D eigenvalue weighted by Gasteiger charge is 2.14. The predicted octanol–water partition coefficient (Wildman–Crippen LogP) is 1.88. The molecule has 0 amide bonds. The molecule has 148 valence electrons. The molecule has 0 aliphatic heterocycles. The van der Waals surface area contributed by atoms with Gasteiger partial charge in [0.25, 0.3) is 0 Å². The first-order valence-corrected chi connectivity index (χ1v) is 8.22. The fourth-order valence-electron chi connectivity index (χ4n) is 2.21. The SMILES string of the molecule is COC(=O)C(N)Cc1ccccc1.COC(=O)C(N)Cc1ccccc1.Cl. The standard InChI is InChI=1S/2C10H13NO2.ClH/c2*1-13-10(12)9(11)7-8-5-3-2-4-6-8;/h2*2-6,9H,7,11H2,1H3;1H. The van der Waals surface area contributed by atoms with Crippen molar-refractivity contribution in [3.8, 4) is 0 Å². The summed E-state index contributed by atoms with van der Waals surface area (Å²) in [6, 6.07) is 18.1. The molecule has 0 saturated heterocycles. The van der Waals surface area contributed by atoms with E-state index in [1.54, 1.807) is 0 Å². The van der Waals surface area contributed by atoms with Gasteiger partial charge in [0.15, 0.2) is 0 Å². The van der Waals surface area contributed by atoms with Crippen molar-refractivity contribution in [2.45, 2.75) is 24.9 Å². The van der Waals surface area contributed by atoms with Gasteiger partial charge >= 0.3 is 11.9 Å². The molecule has 0 saturated carbocycles. The van der Waals surface area contributed by atoms with Gasteiger partial charge in [-0.2, -0.15) is 0 Å². The summed E-state index contributed by atoms with van der Waals surface area (Å²) in [4.78, 5) is 21.9. The Morgan fingerprint density at radius 2 is 1.04 bits per heavy atom. The number of hydrogen-bond acceptors (Lipinski definition) is 6. The molecule has 0 aliphatic carbocycles. The summed E-state index contributed by atoms with van der Waals surface area (Å²) in [5.74, 6) is -0.743. The Kier molecular flexibility index (Phi) is 12.5. The third kappa shape index (κ3) is 9.75. The molecule has 4 N–H and O–H groups in total. The van der Waals surface area contributed by atoms with Gasteiger partial charge in [-0.05, 0) is 24.0 Å². The first kappa shape index (κ1) is 24.6. The molecule has 0 aromatic heterocycles. The zero-order chi connectivity index (χ0) is 19.4. The number of rotatable bonds is 6. The average molecular weight is 395 g/mol. The molecule has 2 atom stereocenters. The minimum atomic E-state index is -0.563. The van der Waals surface area contributed by atoms with Gasteiger partial charge in [0.1, 0.15) is 12.1 Å². The minimum absolute atomic E-state index is 0. The largest absolute Gasteiger partial charge is 0.468 e. The lowest BCUT2D eigenvalue weighted by molar-refractivity contribution is -0.142. The number of ether oxygens (including phenoxy) is 2. The third-order valence-electron chi connectivity index (χ3n) is 3.60. The molecule has 0 fully saturated rings. The zero-order valence-electron chi connectivity index (χ0n) is 15.5. The summed E-state index contributed by atoms with van der Waals surface area (Å²) < 4.78 is 9.04. The number of carbonyl (C=O) groups is 2. The summed E-state index contributed by atoms with van der Waals surface area (Å²) >= 11 is 0. The van der Waals surface area contributed by atoms with E-state index in [9.17, 15) is 9.59 Å². The molecule has 2 aromatic carbocycles. The number of carbonyl (C=O) groups excluding carboxylic acids is 2. The van der Waals surface area contributed by atoms with E-state index in [2.05, 4.69) is 9.47 Å². The molecule has 2 unspecified atom stereocenters. The number of halogens is 1. The molecule has 6 nitrogen and oxygen atoms in total. The van der Waals surface area contributed by atoms with E-state index in [0.29, 0.717) is 12.8 Å². The molecule has 2 rings (SSSR count). The lowest BCUT2D eigenvalue weighted by Crippen LogP contribution is -2.33. The van der Waals surface area contributed by atoms with E-state index >= 15 is 0 Å². The van der Waals surface area contributed by atoms with Crippen LogP contribution in [0, 0.1) is 0 Å². The lowest BCUT2D eigenvalue weighted by atomic mass is 10.1. The summed E-state index contributed by atoms with van der Waals surface area (Å²) in [6.07, 6.45) is 1.04. The lowest BCUT2D eigenvalue weighted by Gasteiger charge is -2.08. The second kappa shape index (κ2) is 13.7. The van der Waals surface area contributed by atoms with Crippen LogP contribution in [0.25, 0.3) is 0 Å². The van der Waals surface area contributed by atoms with E-state index < -0.39 is 12.1 Å². The molecule has 27 heavy (non-hydrogen) atoms.